The molecule has 2 aliphatic rings. The Hall–Kier alpha value is -1.52. The van der Waals surface area contributed by atoms with Crippen LogP contribution >= 0.6 is 11.8 Å². The van der Waals surface area contributed by atoms with E-state index in [0.717, 1.165) is 31.4 Å². The van der Waals surface area contributed by atoms with Crippen molar-refractivity contribution in [1.82, 2.24) is 10.6 Å². The summed E-state index contributed by atoms with van der Waals surface area (Å²) in [5.74, 6) is 1.27. The van der Waals surface area contributed by atoms with E-state index in [1.54, 1.807) is 0 Å². The smallest absolute Gasteiger partial charge is 0.315 e. The van der Waals surface area contributed by atoms with E-state index in [-0.39, 0.29) is 18.1 Å². The van der Waals surface area contributed by atoms with Gasteiger partial charge in [0.2, 0.25) is 0 Å². The number of thioether (sulfide) groups is 1. The summed E-state index contributed by atoms with van der Waals surface area (Å²) in [6.07, 6.45) is 4.89. The predicted molar refractivity (Wildman–Crippen MR) is 115 cm³/mol. The number of fused-ring (bicyclic) bond motifs is 1. The molecule has 2 saturated heterocycles. The van der Waals surface area contributed by atoms with Crippen molar-refractivity contribution in [3.8, 4) is 0 Å². The fraction of sp³-hybridized carbons (Fsp3) is 0.895. The third-order valence-corrected chi connectivity index (χ3v) is 6.53. The maximum Gasteiger partial charge on any atom is 0.315 e. The zero-order chi connectivity index (χ0) is 21.4. The number of hydrogen-bond donors (Lipinski definition) is 2. The average Bonchev–Trinajstić information content (AvgIpc) is 3.28. The second-order valence-corrected chi connectivity index (χ2v) is 8.57. The molecule has 2 fully saturated rings. The summed E-state index contributed by atoms with van der Waals surface area (Å²) in [7, 11) is 0. The Bertz CT molecular complexity index is 576. The van der Waals surface area contributed by atoms with Crippen molar-refractivity contribution in [2.24, 2.45) is 5.11 Å². The number of nitrogens with zero attached hydrogens (tertiary/aromatic N) is 3. The highest BCUT2D eigenvalue weighted by molar-refractivity contribution is 8.00. The molecule has 0 aliphatic carbocycles. The second kappa shape index (κ2) is 15.3. The molecule has 11 heteroatoms. The van der Waals surface area contributed by atoms with Gasteiger partial charge in [0.1, 0.15) is 5.78 Å². The summed E-state index contributed by atoms with van der Waals surface area (Å²) in [6, 6.07) is 0.464. The molecular formula is C19H33N5O5S. The van der Waals surface area contributed by atoms with E-state index in [1.165, 1.54) is 0 Å². The minimum Gasteiger partial charge on any atom is -0.379 e. The maximum atomic E-state index is 12.0. The van der Waals surface area contributed by atoms with Gasteiger partial charge in [-0.3, -0.25) is 4.79 Å². The number of urea groups is 1. The molecular weight excluding hydrogens is 410 g/mol. The lowest BCUT2D eigenvalue weighted by atomic mass is 10.0. The lowest BCUT2D eigenvalue weighted by Crippen LogP contribution is -2.36. The molecule has 2 amide bonds. The SMILES string of the molecule is [N-]=[N+]=NCCOCCOCCOCCCC(=O)CCCC[C@H]1SC[C@H]2NC(=O)N[C@H]21. The van der Waals surface area contributed by atoms with Crippen LogP contribution in [0.15, 0.2) is 5.11 Å². The molecule has 30 heavy (non-hydrogen) atoms. The van der Waals surface area contributed by atoms with Gasteiger partial charge < -0.3 is 24.8 Å². The van der Waals surface area contributed by atoms with Gasteiger partial charge in [-0.1, -0.05) is 11.5 Å². The number of ketones is 1. The van der Waals surface area contributed by atoms with Crippen LogP contribution in [0.5, 0.6) is 0 Å². The van der Waals surface area contributed by atoms with E-state index < -0.39 is 0 Å². The molecule has 2 heterocycles. The molecule has 0 radical (unpaired) electrons. The average molecular weight is 444 g/mol. The van der Waals surface area contributed by atoms with Crippen LogP contribution in [0.25, 0.3) is 10.4 Å². The molecule has 2 rings (SSSR count). The fourth-order valence-electron chi connectivity index (χ4n) is 3.50. The zero-order valence-electron chi connectivity index (χ0n) is 17.4. The molecule has 0 aromatic heterocycles. The first-order valence-corrected chi connectivity index (χ1v) is 11.7. The van der Waals surface area contributed by atoms with Gasteiger partial charge in [0.05, 0.1) is 45.1 Å². The molecule has 10 nitrogen and oxygen atoms in total. The molecule has 0 aromatic rings. The first kappa shape index (κ1) is 24.7. The maximum absolute atomic E-state index is 12.0. The lowest BCUT2D eigenvalue weighted by Gasteiger charge is -2.16. The van der Waals surface area contributed by atoms with Gasteiger partial charge in [0.15, 0.2) is 0 Å². The Kier molecular flexibility index (Phi) is 12.6. The van der Waals surface area contributed by atoms with Crippen LogP contribution in [0.3, 0.4) is 0 Å². The van der Waals surface area contributed by atoms with E-state index in [4.69, 9.17) is 19.7 Å². The number of carbonyl (C=O) groups is 2. The van der Waals surface area contributed by atoms with Gasteiger partial charge in [-0.05, 0) is 24.8 Å². The summed E-state index contributed by atoms with van der Waals surface area (Å²) in [4.78, 5) is 26.0. The van der Waals surface area contributed by atoms with E-state index in [1.807, 2.05) is 11.8 Å². The molecule has 2 aliphatic heterocycles. The summed E-state index contributed by atoms with van der Waals surface area (Å²) in [6.45, 7) is 3.21. The molecule has 0 bridgehead atoms. The van der Waals surface area contributed by atoms with Gasteiger partial charge in [-0.15, -0.1) is 0 Å². The predicted octanol–water partition coefficient (Wildman–Crippen LogP) is 2.42. The number of amides is 2. The van der Waals surface area contributed by atoms with Crippen LogP contribution in [-0.4, -0.2) is 81.1 Å². The number of nitrogens with one attached hydrogen (secondary N) is 2. The Morgan fingerprint density at radius 2 is 1.73 bits per heavy atom. The number of carbonyl (C=O) groups excluding carboxylic acids is 2. The standard InChI is InChI=1S/C19H33N5O5S/c20-24-21-7-9-28-11-13-29-12-10-27-8-3-5-15(25)4-1-2-6-17-18-16(14-30-17)22-19(26)23-18/h16-18H,1-14H2,(H2,22,23,26)/t16-,17-,18-/m1/s1. The Labute approximate surface area is 181 Å². The molecule has 0 saturated carbocycles. The van der Waals surface area contributed by atoms with Crippen LogP contribution < -0.4 is 10.6 Å². The molecule has 170 valence electrons. The minimum absolute atomic E-state index is 0.0489. The molecule has 2 N–H and O–H groups in total. The van der Waals surface area contributed by atoms with Crippen molar-refractivity contribution in [1.29, 1.82) is 0 Å². The quantitative estimate of drug-likeness (QED) is 0.110. The van der Waals surface area contributed by atoms with Crippen LogP contribution in [-0.2, 0) is 19.0 Å². The molecule has 0 spiro atoms. The van der Waals surface area contributed by atoms with Crippen molar-refractivity contribution in [3.63, 3.8) is 0 Å². The monoisotopic (exact) mass is 443 g/mol. The van der Waals surface area contributed by atoms with Gasteiger partial charge in [0, 0.05) is 41.9 Å². The number of Topliss-reactive ketones (excluding diaryl/α,β-unsaturated/α-hetero) is 1. The minimum atomic E-state index is -0.0489. The van der Waals surface area contributed by atoms with E-state index in [9.17, 15) is 9.59 Å². The molecule has 0 aromatic carbocycles. The second-order valence-electron chi connectivity index (χ2n) is 7.30. The Balaban J connectivity index is 1.32. The van der Waals surface area contributed by atoms with E-state index in [0.29, 0.717) is 70.1 Å². The van der Waals surface area contributed by atoms with Crippen molar-refractivity contribution >= 4 is 23.6 Å². The summed E-state index contributed by atoms with van der Waals surface area (Å²) in [5.41, 5.74) is 8.11. The first-order chi connectivity index (χ1) is 14.7. The van der Waals surface area contributed by atoms with Crippen LogP contribution in [0.2, 0.25) is 0 Å². The first-order valence-electron chi connectivity index (χ1n) is 10.6. The van der Waals surface area contributed by atoms with Crippen molar-refractivity contribution in [2.75, 3.05) is 51.9 Å². The largest absolute Gasteiger partial charge is 0.379 e. The van der Waals surface area contributed by atoms with Gasteiger partial charge in [-0.2, -0.15) is 11.8 Å². The number of rotatable bonds is 18. The normalized spacial score (nSPS) is 22.3. The van der Waals surface area contributed by atoms with Gasteiger partial charge in [-0.25, -0.2) is 4.79 Å². The third kappa shape index (κ3) is 9.99. The van der Waals surface area contributed by atoms with Crippen molar-refractivity contribution in [3.05, 3.63) is 10.4 Å². The third-order valence-electron chi connectivity index (χ3n) is 5.02. The van der Waals surface area contributed by atoms with E-state index in [2.05, 4.69) is 20.7 Å². The van der Waals surface area contributed by atoms with Crippen LogP contribution in [0.1, 0.15) is 38.5 Å². The highest BCUT2D eigenvalue weighted by Crippen LogP contribution is 2.33. The van der Waals surface area contributed by atoms with Crippen LogP contribution in [0.4, 0.5) is 4.79 Å². The summed E-state index contributed by atoms with van der Waals surface area (Å²) >= 11 is 1.92. The molecule has 3 atom stereocenters. The van der Waals surface area contributed by atoms with Crippen molar-refractivity contribution in [2.45, 2.75) is 55.9 Å². The number of azide groups is 1. The van der Waals surface area contributed by atoms with Gasteiger partial charge >= 0.3 is 6.03 Å². The van der Waals surface area contributed by atoms with Gasteiger partial charge in [0.25, 0.3) is 0 Å². The number of hydrogen-bond acceptors (Lipinski definition) is 7. The fourth-order valence-corrected chi connectivity index (χ4v) is 5.04. The Morgan fingerprint density at radius 3 is 2.50 bits per heavy atom. The lowest BCUT2D eigenvalue weighted by molar-refractivity contribution is -0.119. The zero-order valence-corrected chi connectivity index (χ0v) is 18.2. The highest BCUT2D eigenvalue weighted by atomic mass is 32.2. The summed E-state index contributed by atoms with van der Waals surface area (Å²) in [5, 5.41) is 9.78. The molecule has 0 unspecified atom stereocenters. The van der Waals surface area contributed by atoms with Crippen molar-refractivity contribution < 1.29 is 23.8 Å². The van der Waals surface area contributed by atoms with E-state index >= 15 is 0 Å². The summed E-state index contributed by atoms with van der Waals surface area (Å²) < 4.78 is 16.0. The number of unbranched alkanes of at least 4 members (excludes halogenated alkanes) is 1. The number of ether oxygens (including phenoxy) is 3. The van der Waals surface area contributed by atoms with Crippen LogP contribution in [0, 0.1) is 0 Å². The highest BCUT2D eigenvalue weighted by Gasteiger charge is 2.42. The Morgan fingerprint density at radius 1 is 1.03 bits per heavy atom. The topological polar surface area (TPSA) is 135 Å².